The summed E-state index contributed by atoms with van der Waals surface area (Å²) in [7, 11) is 1.56. The first-order valence-electron chi connectivity index (χ1n) is 4.01. The lowest BCUT2D eigenvalue weighted by Gasteiger charge is -2.12. The van der Waals surface area contributed by atoms with Crippen LogP contribution in [0.3, 0.4) is 0 Å². The van der Waals surface area contributed by atoms with E-state index in [2.05, 4.69) is 0 Å². The van der Waals surface area contributed by atoms with E-state index in [-0.39, 0.29) is 11.8 Å². The van der Waals surface area contributed by atoms with Crippen LogP contribution in [0.25, 0.3) is 0 Å². The third-order valence-corrected chi connectivity index (χ3v) is 1.89. The van der Waals surface area contributed by atoms with E-state index in [1.54, 1.807) is 25.3 Å². The molecule has 0 aliphatic rings. The van der Waals surface area contributed by atoms with Crippen LogP contribution < -0.4 is 16.2 Å². The Labute approximate surface area is 77.1 Å². The second kappa shape index (κ2) is 4.11. The smallest absolute Gasteiger partial charge is 0.120 e. The Balaban J connectivity index is 3.03. The van der Waals surface area contributed by atoms with Crippen molar-refractivity contribution >= 4 is 0 Å². The maximum Gasteiger partial charge on any atom is 0.120 e. The van der Waals surface area contributed by atoms with Gasteiger partial charge in [-0.2, -0.15) is 0 Å². The zero-order chi connectivity index (χ0) is 9.84. The molecule has 0 aliphatic carbocycles. The number of hydrogen-bond donors (Lipinski definition) is 3. The summed E-state index contributed by atoms with van der Waals surface area (Å²) in [4.78, 5) is 0. The van der Waals surface area contributed by atoms with Gasteiger partial charge < -0.3 is 21.3 Å². The predicted molar refractivity (Wildman–Crippen MR) is 50.6 cm³/mol. The van der Waals surface area contributed by atoms with Gasteiger partial charge in [0.25, 0.3) is 0 Å². The number of methoxy groups -OCH3 is 1. The van der Waals surface area contributed by atoms with Gasteiger partial charge >= 0.3 is 0 Å². The molecular weight excluding hydrogens is 168 g/mol. The quantitative estimate of drug-likeness (QED) is 0.630. The lowest BCUT2D eigenvalue weighted by Crippen LogP contribution is -2.20. The summed E-state index contributed by atoms with van der Waals surface area (Å²) in [6, 6.07) is 4.55. The molecular formula is C9H14N2O2. The number of rotatable bonds is 3. The highest BCUT2D eigenvalue weighted by Crippen LogP contribution is 2.26. The Bertz CT molecular complexity index is 289. The van der Waals surface area contributed by atoms with Gasteiger partial charge in [-0.15, -0.1) is 0 Å². The fraction of sp³-hybridized carbons (Fsp3) is 0.333. The van der Waals surface area contributed by atoms with Crippen molar-refractivity contribution in [1.82, 2.24) is 0 Å². The summed E-state index contributed by atoms with van der Waals surface area (Å²) in [5.41, 5.74) is 11.7. The molecule has 1 aromatic carbocycles. The van der Waals surface area contributed by atoms with E-state index in [1.807, 2.05) is 0 Å². The number of phenolic OH excluding ortho intramolecular Hbond substituents is 1. The average Bonchev–Trinajstić information content (AvgIpc) is 2.17. The molecule has 4 nitrogen and oxygen atoms in total. The fourth-order valence-corrected chi connectivity index (χ4v) is 1.08. The molecule has 0 heterocycles. The van der Waals surface area contributed by atoms with Gasteiger partial charge in [-0.25, -0.2) is 0 Å². The molecule has 0 aromatic heterocycles. The van der Waals surface area contributed by atoms with Crippen molar-refractivity contribution in [3.8, 4) is 11.5 Å². The van der Waals surface area contributed by atoms with Gasteiger partial charge in [0, 0.05) is 18.2 Å². The third-order valence-electron chi connectivity index (χ3n) is 1.89. The van der Waals surface area contributed by atoms with E-state index in [0.29, 0.717) is 17.9 Å². The first-order valence-corrected chi connectivity index (χ1v) is 4.01. The molecule has 0 aliphatic heterocycles. The number of phenols is 1. The maximum absolute atomic E-state index is 9.44. The first kappa shape index (κ1) is 9.83. The molecule has 4 heteroatoms. The Kier molecular flexibility index (Phi) is 3.11. The molecule has 0 bridgehead atoms. The van der Waals surface area contributed by atoms with Crippen LogP contribution in [-0.4, -0.2) is 18.8 Å². The van der Waals surface area contributed by atoms with E-state index in [4.69, 9.17) is 16.2 Å². The predicted octanol–water partition coefficient (Wildman–Crippen LogP) is 0.359. The standard InChI is InChI=1S/C9H14N2O2/c1-13-6-2-3-9(12)7(4-6)8(11)5-10/h2-4,8,12H,5,10-11H2,1H3/t8-/m1/s1. The molecule has 72 valence electrons. The summed E-state index contributed by atoms with van der Waals surface area (Å²) in [5.74, 6) is 0.815. The lowest BCUT2D eigenvalue weighted by molar-refractivity contribution is 0.409. The normalized spacial score (nSPS) is 12.5. The van der Waals surface area contributed by atoms with Crippen LogP contribution >= 0.6 is 0 Å². The average molecular weight is 182 g/mol. The molecule has 5 N–H and O–H groups in total. The van der Waals surface area contributed by atoms with E-state index >= 15 is 0 Å². The Morgan fingerprint density at radius 3 is 2.77 bits per heavy atom. The number of hydrogen-bond acceptors (Lipinski definition) is 4. The van der Waals surface area contributed by atoms with Crippen molar-refractivity contribution in [3.63, 3.8) is 0 Å². The van der Waals surface area contributed by atoms with Crippen LogP contribution in [0.15, 0.2) is 18.2 Å². The van der Waals surface area contributed by atoms with E-state index in [9.17, 15) is 5.11 Å². The van der Waals surface area contributed by atoms with Gasteiger partial charge in [-0.05, 0) is 18.2 Å². The maximum atomic E-state index is 9.44. The number of ether oxygens (including phenoxy) is 1. The summed E-state index contributed by atoms with van der Waals surface area (Å²) >= 11 is 0. The molecule has 0 amide bonds. The van der Waals surface area contributed by atoms with Crippen molar-refractivity contribution in [2.75, 3.05) is 13.7 Å². The van der Waals surface area contributed by atoms with Crippen LogP contribution in [0.5, 0.6) is 11.5 Å². The highest BCUT2D eigenvalue weighted by Gasteiger charge is 2.09. The minimum Gasteiger partial charge on any atom is -0.508 e. The van der Waals surface area contributed by atoms with E-state index in [1.165, 1.54) is 0 Å². The van der Waals surface area contributed by atoms with Crippen LogP contribution in [0.4, 0.5) is 0 Å². The van der Waals surface area contributed by atoms with Crippen molar-refractivity contribution in [2.45, 2.75) is 6.04 Å². The van der Waals surface area contributed by atoms with Gasteiger partial charge in [0.15, 0.2) is 0 Å². The second-order valence-electron chi connectivity index (χ2n) is 2.77. The van der Waals surface area contributed by atoms with E-state index < -0.39 is 0 Å². The van der Waals surface area contributed by atoms with Crippen molar-refractivity contribution in [3.05, 3.63) is 23.8 Å². The van der Waals surface area contributed by atoms with E-state index in [0.717, 1.165) is 0 Å². The molecule has 13 heavy (non-hydrogen) atoms. The third kappa shape index (κ3) is 2.11. The van der Waals surface area contributed by atoms with Gasteiger partial charge in [-0.1, -0.05) is 0 Å². The SMILES string of the molecule is COc1ccc(O)c([C@H](N)CN)c1. The molecule has 1 atom stereocenters. The monoisotopic (exact) mass is 182 g/mol. The molecule has 0 radical (unpaired) electrons. The van der Waals surface area contributed by atoms with Gasteiger partial charge in [0.1, 0.15) is 11.5 Å². The summed E-state index contributed by atoms with van der Waals surface area (Å²) in [5, 5.41) is 9.44. The Morgan fingerprint density at radius 1 is 1.54 bits per heavy atom. The van der Waals surface area contributed by atoms with Gasteiger partial charge in [0.2, 0.25) is 0 Å². The summed E-state index contributed by atoms with van der Waals surface area (Å²) in [6.07, 6.45) is 0. The molecule has 0 saturated heterocycles. The number of nitrogens with two attached hydrogens (primary N) is 2. The number of benzene rings is 1. The molecule has 1 rings (SSSR count). The summed E-state index contributed by atoms with van der Waals surface area (Å²) < 4.78 is 5.00. The minimum absolute atomic E-state index is 0.152. The van der Waals surface area contributed by atoms with Gasteiger partial charge in [-0.3, -0.25) is 0 Å². The van der Waals surface area contributed by atoms with Crippen molar-refractivity contribution < 1.29 is 9.84 Å². The molecule has 0 unspecified atom stereocenters. The molecule has 0 saturated carbocycles. The molecule has 1 aromatic rings. The van der Waals surface area contributed by atoms with Crippen molar-refractivity contribution in [2.24, 2.45) is 11.5 Å². The van der Waals surface area contributed by atoms with Crippen LogP contribution in [0.1, 0.15) is 11.6 Å². The lowest BCUT2D eigenvalue weighted by atomic mass is 10.1. The van der Waals surface area contributed by atoms with Crippen molar-refractivity contribution in [1.29, 1.82) is 0 Å². The first-order chi connectivity index (χ1) is 6.19. The highest BCUT2D eigenvalue weighted by atomic mass is 16.5. The summed E-state index contributed by atoms with van der Waals surface area (Å²) in [6.45, 7) is 0.292. The van der Waals surface area contributed by atoms with Crippen LogP contribution in [0, 0.1) is 0 Å². The fourth-order valence-electron chi connectivity index (χ4n) is 1.08. The second-order valence-corrected chi connectivity index (χ2v) is 2.77. The highest BCUT2D eigenvalue weighted by molar-refractivity contribution is 5.41. The topological polar surface area (TPSA) is 81.5 Å². The van der Waals surface area contributed by atoms with Crippen LogP contribution in [-0.2, 0) is 0 Å². The van der Waals surface area contributed by atoms with Gasteiger partial charge in [0.05, 0.1) is 7.11 Å². The Hall–Kier alpha value is -1.26. The zero-order valence-corrected chi connectivity index (χ0v) is 7.53. The minimum atomic E-state index is -0.352. The molecule has 0 fully saturated rings. The number of aromatic hydroxyl groups is 1. The largest absolute Gasteiger partial charge is 0.508 e. The zero-order valence-electron chi connectivity index (χ0n) is 7.53. The van der Waals surface area contributed by atoms with Crippen LogP contribution in [0.2, 0.25) is 0 Å². The Morgan fingerprint density at radius 2 is 2.23 bits per heavy atom. The molecule has 0 spiro atoms.